The second-order valence-corrected chi connectivity index (χ2v) is 4.75. The summed E-state index contributed by atoms with van der Waals surface area (Å²) in [6.45, 7) is 3.54. The van der Waals surface area contributed by atoms with E-state index in [1.54, 1.807) is 12.1 Å². The van der Waals surface area contributed by atoms with Gasteiger partial charge >= 0.3 is 0 Å². The number of hydrogen-bond donors (Lipinski definition) is 1. The highest BCUT2D eigenvalue weighted by Crippen LogP contribution is 2.28. The lowest BCUT2D eigenvalue weighted by Gasteiger charge is -2.28. The largest absolute Gasteiger partial charge is 0.393 e. The molecule has 1 aliphatic rings. The average molecular weight is 237 g/mol. The van der Waals surface area contributed by atoms with E-state index in [-0.39, 0.29) is 17.8 Å². The minimum Gasteiger partial charge on any atom is -0.393 e. The highest BCUT2D eigenvalue weighted by atomic mass is 19.1. The van der Waals surface area contributed by atoms with Gasteiger partial charge in [0, 0.05) is 19.0 Å². The van der Waals surface area contributed by atoms with E-state index in [1.807, 2.05) is 17.9 Å². The molecule has 2 nitrogen and oxygen atoms in total. The molecule has 0 aromatic heterocycles. The first-order valence-electron chi connectivity index (χ1n) is 6.40. The summed E-state index contributed by atoms with van der Waals surface area (Å²) >= 11 is 0. The molecule has 0 heterocycles. The quantitative estimate of drug-likeness (QED) is 0.870. The molecule has 3 heteroatoms. The Balaban J connectivity index is 2.09. The first-order chi connectivity index (χ1) is 8.22. The van der Waals surface area contributed by atoms with E-state index < -0.39 is 0 Å². The topological polar surface area (TPSA) is 23.5 Å². The molecule has 0 aliphatic heterocycles. The molecule has 2 atom stereocenters. The van der Waals surface area contributed by atoms with Crippen LogP contribution in [0.4, 0.5) is 10.1 Å². The minimum absolute atomic E-state index is 0.179. The minimum atomic E-state index is -0.212. The zero-order valence-electron chi connectivity index (χ0n) is 10.3. The number of aliphatic hydroxyl groups excluding tert-OH is 1. The summed E-state index contributed by atoms with van der Waals surface area (Å²) in [7, 11) is 0. The summed E-state index contributed by atoms with van der Waals surface area (Å²) in [4.78, 5) is 2.02. The van der Waals surface area contributed by atoms with Crippen LogP contribution in [0.25, 0.3) is 0 Å². The summed E-state index contributed by atoms with van der Waals surface area (Å²) in [5.41, 5.74) is 0.647. The van der Waals surface area contributed by atoms with Gasteiger partial charge in [0.25, 0.3) is 0 Å². The molecule has 17 heavy (non-hydrogen) atoms. The molecule has 1 aromatic carbocycles. The zero-order chi connectivity index (χ0) is 12.3. The van der Waals surface area contributed by atoms with Gasteiger partial charge in [0.2, 0.25) is 0 Å². The molecule has 1 N–H and O–H groups in total. The Hall–Kier alpha value is -1.09. The molecular formula is C14H20FNO. The van der Waals surface area contributed by atoms with Crippen LogP contribution in [0.3, 0.4) is 0 Å². The molecule has 1 aromatic rings. The molecule has 0 bridgehead atoms. The maximum absolute atomic E-state index is 13.7. The van der Waals surface area contributed by atoms with Crippen LogP contribution in [0.1, 0.15) is 26.2 Å². The van der Waals surface area contributed by atoms with Crippen molar-refractivity contribution in [2.75, 3.05) is 18.0 Å². The highest BCUT2D eigenvalue weighted by molar-refractivity contribution is 5.47. The van der Waals surface area contributed by atoms with Gasteiger partial charge in [-0.05, 0) is 31.9 Å². The van der Waals surface area contributed by atoms with E-state index in [0.717, 1.165) is 32.4 Å². The molecule has 94 valence electrons. The summed E-state index contributed by atoms with van der Waals surface area (Å²) < 4.78 is 13.7. The predicted molar refractivity (Wildman–Crippen MR) is 67.6 cm³/mol. The fourth-order valence-corrected chi connectivity index (χ4v) is 2.62. The number of aliphatic hydroxyl groups is 1. The van der Waals surface area contributed by atoms with Crippen molar-refractivity contribution < 1.29 is 9.50 Å². The van der Waals surface area contributed by atoms with Crippen molar-refractivity contribution in [1.29, 1.82) is 0 Å². The molecule has 2 rings (SSSR count). The van der Waals surface area contributed by atoms with Crippen LogP contribution < -0.4 is 4.90 Å². The van der Waals surface area contributed by atoms with Crippen molar-refractivity contribution in [2.24, 2.45) is 5.92 Å². The van der Waals surface area contributed by atoms with E-state index in [9.17, 15) is 9.50 Å². The molecule has 2 unspecified atom stereocenters. The number of para-hydroxylation sites is 1. The summed E-state index contributed by atoms with van der Waals surface area (Å²) in [6.07, 6.45) is 2.81. The van der Waals surface area contributed by atoms with Crippen molar-refractivity contribution in [3.8, 4) is 0 Å². The smallest absolute Gasteiger partial charge is 0.146 e. The Bertz CT molecular complexity index is 369. The van der Waals surface area contributed by atoms with Crippen molar-refractivity contribution >= 4 is 5.69 Å². The molecule has 0 saturated heterocycles. The highest BCUT2D eigenvalue weighted by Gasteiger charge is 2.27. The second-order valence-electron chi connectivity index (χ2n) is 4.75. The van der Waals surface area contributed by atoms with Gasteiger partial charge in [-0.2, -0.15) is 0 Å². The fourth-order valence-electron chi connectivity index (χ4n) is 2.62. The Morgan fingerprint density at radius 2 is 2.12 bits per heavy atom. The van der Waals surface area contributed by atoms with E-state index in [0.29, 0.717) is 5.69 Å². The Labute approximate surface area is 102 Å². The van der Waals surface area contributed by atoms with Crippen molar-refractivity contribution in [3.05, 3.63) is 30.1 Å². The van der Waals surface area contributed by atoms with Crippen LogP contribution in [0.15, 0.2) is 24.3 Å². The van der Waals surface area contributed by atoms with Gasteiger partial charge in [0.1, 0.15) is 5.82 Å². The van der Waals surface area contributed by atoms with Gasteiger partial charge in [-0.25, -0.2) is 4.39 Å². The third-order valence-corrected chi connectivity index (χ3v) is 3.65. The number of benzene rings is 1. The number of rotatable bonds is 4. The number of anilines is 1. The third-order valence-electron chi connectivity index (χ3n) is 3.65. The lowest BCUT2D eigenvalue weighted by molar-refractivity contribution is 0.135. The van der Waals surface area contributed by atoms with Crippen LogP contribution in [0.2, 0.25) is 0 Å². The van der Waals surface area contributed by atoms with Crippen LogP contribution in [-0.4, -0.2) is 24.3 Å². The molecule has 1 saturated carbocycles. The molecule has 1 aliphatic carbocycles. The van der Waals surface area contributed by atoms with Gasteiger partial charge in [-0.15, -0.1) is 0 Å². The summed E-state index contributed by atoms with van der Waals surface area (Å²) in [6, 6.07) is 6.85. The first-order valence-corrected chi connectivity index (χ1v) is 6.40. The summed E-state index contributed by atoms with van der Waals surface area (Å²) in [5.74, 6) is 0.108. The van der Waals surface area contributed by atoms with Crippen molar-refractivity contribution in [2.45, 2.75) is 32.3 Å². The van der Waals surface area contributed by atoms with Crippen LogP contribution in [-0.2, 0) is 0 Å². The second kappa shape index (κ2) is 5.50. The van der Waals surface area contributed by atoms with Gasteiger partial charge in [-0.3, -0.25) is 0 Å². The van der Waals surface area contributed by atoms with E-state index in [2.05, 4.69) is 0 Å². The lowest BCUT2D eigenvalue weighted by Crippen LogP contribution is -2.33. The monoisotopic (exact) mass is 237 g/mol. The molecule has 0 spiro atoms. The van der Waals surface area contributed by atoms with Gasteiger partial charge in [-0.1, -0.05) is 18.6 Å². The number of nitrogens with zero attached hydrogens (tertiary/aromatic N) is 1. The van der Waals surface area contributed by atoms with E-state index >= 15 is 0 Å². The predicted octanol–water partition coefficient (Wildman–Crippen LogP) is 2.81. The Morgan fingerprint density at radius 1 is 1.35 bits per heavy atom. The fraction of sp³-hybridized carbons (Fsp3) is 0.571. The van der Waals surface area contributed by atoms with Crippen LogP contribution in [0.5, 0.6) is 0 Å². The number of hydrogen-bond acceptors (Lipinski definition) is 2. The SMILES string of the molecule is CCN(CC1CCCC1O)c1ccccc1F. The number of halogens is 1. The van der Waals surface area contributed by atoms with Crippen LogP contribution >= 0.6 is 0 Å². The first kappa shape index (κ1) is 12.4. The lowest BCUT2D eigenvalue weighted by atomic mass is 10.0. The summed E-state index contributed by atoms with van der Waals surface area (Å²) in [5, 5.41) is 9.83. The Kier molecular flexibility index (Phi) is 4.00. The standard InChI is InChI=1S/C14H20FNO/c1-2-16(10-11-6-5-9-14(11)17)13-8-4-3-7-12(13)15/h3-4,7-8,11,14,17H,2,5-6,9-10H2,1H3. The zero-order valence-corrected chi connectivity index (χ0v) is 10.3. The van der Waals surface area contributed by atoms with Crippen molar-refractivity contribution in [3.63, 3.8) is 0 Å². The normalized spacial score (nSPS) is 23.9. The van der Waals surface area contributed by atoms with Gasteiger partial charge in [0.15, 0.2) is 0 Å². The average Bonchev–Trinajstić information content (AvgIpc) is 2.73. The van der Waals surface area contributed by atoms with Crippen molar-refractivity contribution in [1.82, 2.24) is 0 Å². The Morgan fingerprint density at radius 3 is 2.71 bits per heavy atom. The molecular weight excluding hydrogens is 217 g/mol. The van der Waals surface area contributed by atoms with E-state index in [4.69, 9.17) is 0 Å². The maximum Gasteiger partial charge on any atom is 0.146 e. The molecule has 0 amide bonds. The van der Waals surface area contributed by atoms with Gasteiger partial charge in [0.05, 0.1) is 11.8 Å². The third kappa shape index (κ3) is 2.78. The maximum atomic E-state index is 13.7. The molecule has 1 fully saturated rings. The van der Waals surface area contributed by atoms with Crippen LogP contribution in [0, 0.1) is 11.7 Å². The molecule has 0 radical (unpaired) electrons. The van der Waals surface area contributed by atoms with E-state index in [1.165, 1.54) is 6.07 Å². The van der Waals surface area contributed by atoms with Gasteiger partial charge < -0.3 is 10.0 Å².